The van der Waals surface area contributed by atoms with E-state index < -0.39 is 5.82 Å². The first-order chi connectivity index (χ1) is 10.2. The molecule has 0 radical (unpaired) electrons. The highest BCUT2D eigenvalue weighted by atomic mass is 19.1. The molecule has 1 heterocycles. The van der Waals surface area contributed by atoms with E-state index in [-0.39, 0.29) is 29.2 Å². The molecule has 122 valence electrons. The third-order valence-corrected chi connectivity index (χ3v) is 4.07. The lowest BCUT2D eigenvalue weighted by atomic mass is 9.82. The average molecular weight is 308 g/mol. The molecule has 3 N–H and O–H groups in total. The Morgan fingerprint density at radius 3 is 2.77 bits per heavy atom. The molecule has 0 saturated carbocycles. The molecule has 2 unspecified atom stereocenters. The number of nitrogens with two attached hydrogens (primary N) is 1. The number of carbonyl (C=O) groups is 1. The summed E-state index contributed by atoms with van der Waals surface area (Å²) in [5.74, 6) is -0.232. The molecule has 0 aliphatic carbocycles. The Kier molecular flexibility index (Phi) is 4.75. The third-order valence-electron chi connectivity index (χ3n) is 4.07. The minimum Gasteiger partial charge on any atom is -0.490 e. The van der Waals surface area contributed by atoms with Crippen LogP contribution in [0.1, 0.15) is 63.7 Å². The number of fused-ring (bicyclic) bond motifs is 1. The molecule has 5 heteroatoms. The van der Waals surface area contributed by atoms with E-state index in [9.17, 15) is 9.18 Å². The summed E-state index contributed by atoms with van der Waals surface area (Å²) in [5.41, 5.74) is 7.48. The molecule has 2 rings (SSSR count). The van der Waals surface area contributed by atoms with Gasteiger partial charge in [-0.1, -0.05) is 27.7 Å². The van der Waals surface area contributed by atoms with Gasteiger partial charge in [0.2, 0.25) is 5.91 Å². The first-order valence-corrected chi connectivity index (χ1v) is 7.75. The van der Waals surface area contributed by atoms with Gasteiger partial charge in [-0.3, -0.25) is 4.79 Å². The average Bonchev–Trinajstić information content (AvgIpc) is 2.46. The van der Waals surface area contributed by atoms with Crippen LogP contribution in [0.3, 0.4) is 0 Å². The van der Waals surface area contributed by atoms with E-state index in [0.717, 1.165) is 5.56 Å². The molecule has 0 spiro atoms. The highest BCUT2D eigenvalue weighted by Gasteiger charge is 2.29. The Bertz CT molecular complexity index is 567. The smallest absolute Gasteiger partial charge is 0.220 e. The predicted octanol–water partition coefficient (Wildman–Crippen LogP) is 3.22. The van der Waals surface area contributed by atoms with Crippen molar-refractivity contribution >= 4 is 5.91 Å². The predicted molar refractivity (Wildman–Crippen MR) is 84.1 cm³/mol. The first-order valence-electron chi connectivity index (χ1n) is 7.75. The third kappa shape index (κ3) is 3.40. The van der Waals surface area contributed by atoms with Gasteiger partial charge in [-0.15, -0.1) is 0 Å². The maximum Gasteiger partial charge on any atom is 0.220 e. The van der Waals surface area contributed by atoms with Crippen molar-refractivity contribution in [3.63, 3.8) is 0 Å². The van der Waals surface area contributed by atoms with Crippen LogP contribution in [0.15, 0.2) is 12.1 Å². The molecule has 1 aliphatic heterocycles. The summed E-state index contributed by atoms with van der Waals surface area (Å²) in [4.78, 5) is 11.7. The maximum atomic E-state index is 14.4. The van der Waals surface area contributed by atoms with Gasteiger partial charge in [0, 0.05) is 24.4 Å². The van der Waals surface area contributed by atoms with E-state index in [1.54, 1.807) is 6.92 Å². The highest BCUT2D eigenvalue weighted by molar-refractivity contribution is 5.76. The van der Waals surface area contributed by atoms with Crippen LogP contribution >= 0.6 is 0 Å². The second-order valence-corrected chi connectivity index (χ2v) is 6.88. The molecule has 2 atom stereocenters. The summed E-state index contributed by atoms with van der Waals surface area (Å²) in [5, 5.41) is 2.93. The molecule has 4 nitrogen and oxygen atoms in total. The van der Waals surface area contributed by atoms with Crippen molar-refractivity contribution in [3.8, 4) is 5.75 Å². The minimum absolute atomic E-state index is 0.0521. The van der Waals surface area contributed by atoms with E-state index in [0.29, 0.717) is 25.0 Å². The summed E-state index contributed by atoms with van der Waals surface area (Å²) in [6, 6.07) is 2.79. The number of rotatable bonds is 3. The molecule has 1 amide bonds. The molecular weight excluding hydrogens is 283 g/mol. The number of nitrogens with one attached hydrogen (secondary N) is 1. The fourth-order valence-corrected chi connectivity index (χ4v) is 2.61. The van der Waals surface area contributed by atoms with E-state index in [1.807, 2.05) is 26.8 Å². The fraction of sp³-hybridized carbons (Fsp3) is 0.588. The van der Waals surface area contributed by atoms with Crippen LogP contribution in [0.4, 0.5) is 4.39 Å². The van der Waals surface area contributed by atoms with Gasteiger partial charge >= 0.3 is 0 Å². The second-order valence-electron chi connectivity index (χ2n) is 6.88. The zero-order valence-corrected chi connectivity index (χ0v) is 13.7. The quantitative estimate of drug-likeness (QED) is 0.901. The van der Waals surface area contributed by atoms with Crippen LogP contribution in [0.25, 0.3) is 0 Å². The van der Waals surface area contributed by atoms with Gasteiger partial charge in [-0.05, 0) is 23.1 Å². The molecule has 1 aliphatic rings. The number of carbonyl (C=O) groups excluding carboxylic acids is 1. The van der Waals surface area contributed by atoms with Gasteiger partial charge in [-0.2, -0.15) is 0 Å². The van der Waals surface area contributed by atoms with E-state index in [1.165, 1.54) is 6.07 Å². The van der Waals surface area contributed by atoms with Crippen molar-refractivity contribution < 1.29 is 13.9 Å². The Morgan fingerprint density at radius 1 is 1.50 bits per heavy atom. The second kappa shape index (κ2) is 6.24. The van der Waals surface area contributed by atoms with Gasteiger partial charge in [0.25, 0.3) is 0 Å². The Balaban J connectivity index is 2.41. The van der Waals surface area contributed by atoms with Crippen molar-refractivity contribution in [2.24, 2.45) is 11.1 Å². The van der Waals surface area contributed by atoms with Crippen molar-refractivity contribution in [2.45, 2.75) is 52.6 Å². The summed E-state index contributed by atoms with van der Waals surface area (Å²) in [6.07, 6.45) is 1.03. The number of halogens is 1. The Hall–Kier alpha value is -1.62. The lowest BCUT2D eigenvalue weighted by Gasteiger charge is -2.31. The van der Waals surface area contributed by atoms with Crippen molar-refractivity contribution in [2.75, 3.05) is 6.61 Å². The van der Waals surface area contributed by atoms with Crippen molar-refractivity contribution in [1.29, 1.82) is 0 Å². The molecule has 1 aromatic rings. The normalized spacial score (nSPS) is 19.1. The molecule has 0 aromatic heterocycles. The van der Waals surface area contributed by atoms with Crippen LogP contribution in [0.5, 0.6) is 5.75 Å². The fourth-order valence-electron chi connectivity index (χ4n) is 2.61. The topological polar surface area (TPSA) is 64.3 Å². The summed E-state index contributed by atoms with van der Waals surface area (Å²) in [6.45, 7) is 8.23. The molecule has 1 aromatic carbocycles. The van der Waals surface area contributed by atoms with Gasteiger partial charge in [0.1, 0.15) is 0 Å². The van der Waals surface area contributed by atoms with Gasteiger partial charge in [-0.25, -0.2) is 4.39 Å². The van der Waals surface area contributed by atoms with Crippen molar-refractivity contribution in [3.05, 3.63) is 29.1 Å². The largest absolute Gasteiger partial charge is 0.490 e. The van der Waals surface area contributed by atoms with E-state index >= 15 is 0 Å². The molecule has 22 heavy (non-hydrogen) atoms. The van der Waals surface area contributed by atoms with Crippen molar-refractivity contribution in [1.82, 2.24) is 5.32 Å². The van der Waals surface area contributed by atoms with Gasteiger partial charge in [0.05, 0.1) is 12.6 Å². The Morgan fingerprint density at radius 2 is 2.18 bits per heavy atom. The van der Waals surface area contributed by atoms with Crippen LogP contribution in [0.2, 0.25) is 0 Å². The number of ether oxygens (including phenoxy) is 1. The van der Waals surface area contributed by atoms with Gasteiger partial charge in [0.15, 0.2) is 11.6 Å². The monoisotopic (exact) mass is 308 g/mol. The Labute approximate surface area is 131 Å². The van der Waals surface area contributed by atoms with E-state index in [4.69, 9.17) is 10.5 Å². The molecule has 0 bridgehead atoms. The lowest BCUT2D eigenvalue weighted by molar-refractivity contribution is -0.121. The summed E-state index contributed by atoms with van der Waals surface area (Å²) < 4.78 is 19.8. The van der Waals surface area contributed by atoms with Crippen LogP contribution in [-0.2, 0) is 4.79 Å². The van der Waals surface area contributed by atoms with Crippen LogP contribution < -0.4 is 15.8 Å². The highest BCUT2D eigenvalue weighted by Crippen LogP contribution is 2.39. The van der Waals surface area contributed by atoms with E-state index in [2.05, 4.69) is 5.32 Å². The van der Waals surface area contributed by atoms with Gasteiger partial charge < -0.3 is 15.8 Å². The first kappa shape index (κ1) is 16.7. The van der Waals surface area contributed by atoms with Crippen LogP contribution in [-0.4, -0.2) is 12.5 Å². The molecular formula is C17H25FN2O2. The maximum absolute atomic E-state index is 14.4. The zero-order chi connectivity index (χ0) is 16.5. The lowest BCUT2D eigenvalue weighted by Crippen LogP contribution is -2.33. The number of benzene rings is 1. The number of hydrogen-bond donors (Lipinski definition) is 2. The summed E-state index contributed by atoms with van der Waals surface area (Å²) in [7, 11) is 0. The molecule has 0 saturated heterocycles. The summed E-state index contributed by atoms with van der Waals surface area (Å²) >= 11 is 0. The standard InChI is InChI=1S/C17H25FN2O2/c1-5-14(21)20-13-6-7-22-15-11(13)8-10(9-12(15)18)16(19)17(2,3)4/h8-9,13,16H,5-7,19H2,1-4H3,(H,20,21). The molecule has 0 fully saturated rings. The SMILES string of the molecule is CCC(=O)NC1CCOc2c(F)cc(C(N)C(C)(C)C)cc21. The zero-order valence-electron chi connectivity index (χ0n) is 13.7. The van der Waals surface area contributed by atoms with Crippen LogP contribution in [0, 0.1) is 11.2 Å². The number of amides is 1. The minimum atomic E-state index is -0.414. The number of hydrogen-bond acceptors (Lipinski definition) is 3.